The Labute approximate surface area is 161 Å². The Hall–Kier alpha value is -1.71. The van der Waals surface area contributed by atoms with Gasteiger partial charge in [-0.1, -0.05) is 24.6 Å². The van der Waals surface area contributed by atoms with Crippen LogP contribution >= 0.6 is 0 Å². The van der Waals surface area contributed by atoms with E-state index in [1.165, 1.54) is 30.3 Å². The van der Waals surface area contributed by atoms with Crippen LogP contribution in [0.5, 0.6) is 0 Å². The average molecular weight is 412 g/mol. The van der Waals surface area contributed by atoms with Crippen LogP contribution in [0.1, 0.15) is 36.7 Å². The summed E-state index contributed by atoms with van der Waals surface area (Å²) in [5.41, 5.74) is 1.25. The summed E-state index contributed by atoms with van der Waals surface area (Å²) in [5.74, 6) is 0.278. The Kier molecular flexibility index (Phi) is 5.22. The van der Waals surface area contributed by atoms with E-state index in [0.717, 1.165) is 22.5 Å². The van der Waals surface area contributed by atoms with E-state index in [9.17, 15) is 16.8 Å². The van der Waals surface area contributed by atoms with Gasteiger partial charge in [0.15, 0.2) is 0 Å². The fourth-order valence-electron chi connectivity index (χ4n) is 3.52. The highest BCUT2D eigenvalue weighted by Gasteiger charge is 2.35. The van der Waals surface area contributed by atoms with Gasteiger partial charge in [0.1, 0.15) is 4.90 Å². The lowest BCUT2D eigenvalue weighted by molar-refractivity contribution is 0.281. The van der Waals surface area contributed by atoms with E-state index in [1.54, 1.807) is 12.1 Å². The van der Waals surface area contributed by atoms with Crippen LogP contribution in [-0.2, 0) is 20.0 Å². The molecule has 1 fully saturated rings. The zero-order chi connectivity index (χ0) is 20.0. The minimum atomic E-state index is -3.97. The third-order valence-electron chi connectivity index (χ3n) is 4.95. The van der Waals surface area contributed by atoms with Gasteiger partial charge >= 0.3 is 0 Å². The van der Waals surface area contributed by atoms with Gasteiger partial charge in [0, 0.05) is 13.1 Å². The summed E-state index contributed by atoms with van der Waals surface area (Å²) in [5, 5.41) is 4.08. The van der Waals surface area contributed by atoms with Gasteiger partial charge in [0.2, 0.25) is 10.0 Å². The minimum Gasteiger partial charge on any atom is -0.207 e. The maximum Gasteiger partial charge on any atom is 0.283 e. The van der Waals surface area contributed by atoms with E-state index in [2.05, 4.69) is 5.10 Å². The van der Waals surface area contributed by atoms with Gasteiger partial charge in [-0.3, -0.25) is 0 Å². The predicted octanol–water partition coefficient (Wildman–Crippen LogP) is 2.47. The number of piperidine rings is 1. The first-order valence-electron chi connectivity index (χ1n) is 8.93. The molecule has 0 unspecified atom stereocenters. The summed E-state index contributed by atoms with van der Waals surface area (Å²) in [7, 11) is -7.77. The van der Waals surface area contributed by atoms with E-state index in [4.69, 9.17) is 0 Å². The van der Waals surface area contributed by atoms with Gasteiger partial charge in [-0.25, -0.2) is 8.42 Å². The van der Waals surface area contributed by atoms with Crippen LogP contribution in [0.4, 0.5) is 0 Å². The molecule has 0 saturated carbocycles. The summed E-state index contributed by atoms with van der Waals surface area (Å²) in [6.07, 6.45) is 1.79. The summed E-state index contributed by atoms with van der Waals surface area (Å²) < 4.78 is 54.6. The summed E-state index contributed by atoms with van der Waals surface area (Å²) in [6.45, 7) is 7.80. The molecule has 0 radical (unpaired) electrons. The highest BCUT2D eigenvalue weighted by molar-refractivity contribution is 7.90. The second-order valence-corrected chi connectivity index (χ2v) is 10.9. The molecule has 1 aromatic carbocycles. The Morgan fingerprint density at radius 1 is 1.00 bits per heavy atom. The molecule has 148 valence electrons. The van der Waals surface area contributed by atoms with Gasteiger partial charge < -0.3 is 0 Å². The van der Waals surface area contributed by atoms with E-state index in [1.807, 2.05) is 13.8 Å². The second-order valence-electron chi connectivity index (χ2n) is 7.27. The molecule has 0 amide bonds. The quantitative estimate of drug-likeness (QED) is 0.771. The van der Waals surface area contributed by atoms with Gasteiger partial charge in [-0.15, -0.1) is 0 Å². The average Bonchev–Trinajstić information content (AvgIpc) is 2.91. The highest BCUT2D eigenvalue weighted by Crippen LogP contribution is 2.29. The lowest BCUT2D eigenvalue weighted by Gasteiger charge is -2.30. The van der Waals surface area contributed by atoms with Crippen molar-refractivity contribution >= 4 is 20.0 Å². The number of hydrogen-bond donors (Lipinski definition) is 0. The van der Waals surface area contributed by atoms with Crippen LogP contribution < -0.4 is 0 Å². The number of benzene rings is 1. The molecule has 1 aliphatic rings. The van der Waals surface area contributed by atoms with E-state index >= 15 is 0 Å². The fraction of sp³-hybridized carbons (Fsp3) is 0.500. The minimum absolute atomic E-state index is 0.00714. The van der Waals surface area contributed by atoms with E-state index in [0.29, 0.717) is 13.1 Å². The van der Waals surface area contributed by atoms with E-state index in [-0.39, 0.29) is 27.1 Å². The van der Waals surface area contributed by atoms with Crippen molar-refractivity contribution in [3.05, 3.63) is 41.2 Å². The second kappa shape index (κ2) is 7.03. The van der Waals surface area contributed by atoms with Crippen LogP contribution in [0.25, 0.3) is 0 Å². The van der Waals surface area contributed by atoms with Crippen molar-refractivity contribution in [3.63, 3.8) is 0 Å². The molecule has 0 spiro atoms. The van der Waals surface area contributed by atoms with Crippen molar-refractivity contribution in [1.29, 1.82) is 0 Å². The standard InChI is InChI=1S/C18H25N3O4S2/c1-13-7-9-17(10-8-13)26(22,23)21-16(4)18(15(3)19-21)27(24,25)20-11-5-6-14(2)12-20/h7-10,14H,5-6,11-12H2,1-4H3/t14-/m0/s1. The maximum absolute atomic E-state index is 13.2. The Balaban J connectivity index is 2.08. The van der Waals surface area contributed by atoms with Crippen molar-refractivity contribution in [3.8, 4) is 0 Å². The van der Waals surface area contributed by atoms with Crippen molar-refractivity contribution in [2.45, 2.75) is 50.3 Å². The molecule has 3 rings (SSSR count). The number of hydrogen-bond acceptors (Lipinski definition) is 5. The molecule has 1 atom stereocenters. The first kappa shape index (κ1) is 20.0. The van der Waals surface area contributed by atoms with Crippen molar-refractivity contribution in [2.24, 2.45) is 5.92 Å². The van der Waals surface area contributed by atoms with Gasteiger partial charge in [-0.05, 0) is 51.7 Å². The zero-order valence-corrected chi connectivity index (χ0v) is 17.6. The third-order valence-corrected chi connectivity index (χ3v) is 8.75. The molecule has 7 nitrogen and oxygen atoms in total. The summed E-state index contributed by atoms with van der Waals surface area (Å²) >= 11 is 0. The molecular weight excluding hydrogens is 386 g/mol. The van der Waals surface area contributed by atoms with Gasteiger partial charge in [0.25, 0.3) is 10.0 Å². The molecule has 1 aliphatic heterocycles. The predicted molar refractivity (Wildman–Crippen MR) is 103 cm³/mol. The number of aryl methyl sites for hydroxylation is 2. The van der Waals surface area contributed by atoms with Gasteiger partial charge in [0.05, 0.1) is 16.3 Å². The molecule has 0 N–H and O–H groups in total. The lowest BCUT2D eigenvalue weighted by atomic mass is 10.0. The molecule has 9 heteroatoms. The number of nitrogens with zero attached hydrogens (tertiary/aromatic N) is 3. The molecule has 0 aliphatic carbocycles. The SMILES string of the molecule is Cc1ccc(S(=O)(=O)n2nc(C)c(S(=O)(=O)N3CCC[C@H](C)C3)c2C)cc1. The number of aromatic nitrogens is 2. The summed E-state index contributed by atoms with van der Waals surface area (Å²) in [4.78, 5) is 0.0709. The number of rotatable bonds is 4. The Bertz CT molecular complexity index is 1050. The smallest absolute Gasteiger partial charge is 0.207 e. The molecule has 0 bridgehead atoms. The van der Waals surface area contributed by atoms with Crippen LogP contribution in [-0.4, -0.2) is 43.4 Å². The third kappa shape index (κ3) is 3.55. The van der Waals surface area contributed by atoms with Crippen LogP contribution in [0.15, 0.2) is 34.1 Å². The normalized spacial score (nSPS) is 19.3. The topological polar surface area (TPSA) is 89.3 Å². The van der Waals surface area contributed by atoms with Gasteiger partial charge in [-0.2, -0.15) is 21.9 Å². The Morgan fingerprint density at radius 3 is 2.22 bits per heavy atom. The molecule has 1 saturated heterocycles. The molecule has 27 heavy (non-hydrogen) atoms. The van der Waals surface area contributed by atoms with Crippen molar-refractivity contribution in [1.82, 2.24) is 13.5 Å². The van der Waals surface area contributed by atoms with Crippen LogP contribution in [0, 0.1) is 26.7 Å². The molecule has 2 aromatic rings. The van der Waals surface area contributed by atoms with Crippen LogP contribution in [0.3, 0.4) is 0 Å². The zero-order valence-electron chi connectivity index (χ0n) is 16.0. The van der Waals surface area contributed by atoms with Crippen molar-refractivity contribution in [2.75, 3.05) is 13.1 Å². The fourth-order valence-corrected chi connectivity index (χ4v) is 6.89. The summed E-state index contributed by atoms with van der Waals surface area (Å²) in [6, 6.07) is 6.40. The molecule has 1 aromatic heterocycles. The monoisotopic (exact) mass is 411 g/mol. The Morgan fingerprint density at radius 2 is 1.63 bits per heavy atom. The first-order valence-corrected chi connectivity index (χ1v) is 11.8. The molecule has 2 heterocycles. The number of sulfonamides is 1. The molecular formula is C18H25N3O4S2. The lowest BCUT2D eigenvalue weighted by Crippen LogP contribution is -2.39. The van der Waals surface area contributed by atoms with Crippen LogP contribution in [0.2, 0.25) is 0 Å². The highest BCUT2D eigenvalue weighted by atomic mass is 32.2. The largest absolute Gasteiger partial charge is 0.283 e. The first-order chi connectivity index (χ1) is 12.5. The van der Waals surface area contributed by atoms with Crippen molar-refractivity contribution < 1.29 is 16.8 Å². The maximum atomic E-state index is 13.2. The van der Waals surface area contributed by atoms with E-state index < -0.39 is 20.0 Å².